The van der Waals surface area contributed by atoms with Crippen molar-refractivity contribution in [2.45, 2.75) is 18.8 Å². The van der Waals surface area contributed by atoms with Gasteiger partial charge in [0.25, 0.3) is 5.91 Å². The number of aryl methyl sites for hydroxylation is 1. The molecule has 4 nitrogen and oxygen atoms in total. The number of nitrogens with zero attached hydrogens (tertiary/aromatic N) is 2. The summed E-state index contributed by atoms with van der Waals surface area (Å²) >= 11 is 3.35. The van der Waals surface area contributed by atoms with Crippen molar-refractivity contribution in [3.05, 3.63) is 52.1 Å². The maximum atomic E-state index is 14.1. The fourth-order valence-corrected chi connectivity index (χ4v) is 3.32. The molecule has 3 rings (SSSR count). The number of pyridine rings is 1. The highest BCUT2D eigenvalue weighted by atomic mass is 79.9. The molecule has 0 saturated carbocycles. The summed E-state index contributed by atoms with van der Waals surface area (Å²) in [5.41, 5.74) is 2.08. The highest BCUT2D eigenvalue weighted by Crippen LogP contribution is 2.37. The Morgan fingerprint density at radius 3 is 2.71 bits per heavy atom. The highest BCUT2D eigenvalue weighted by Gasteiger charge is 2.35. The Bertz CT molecular complexity index is 767. The number of halogens is 2. The van der Waals surface area contributed by atoms with Gasteiger partial charge in [0.05, 0.1) is 12.2 Å². The molecule has 1 N–H and O–H groups in total. The van der Waals surface area contributed by atoms with Crippen LogP contribution in [0.15, 0.2) is 41.0 Å². The van der Waals surface area contributed by atoms with E-state index in [1.807, 2.05) is 30.0 Å². The van der Waals surface area contributed by atoms with Crippen molar-refractivity contribution >= 4 is 42.6 Å². The maximum Gasteiger partial charge on any atom is 0.255 e. The number of rotatable bonds is 3. The van der Waals surface area contributed by atoms with Crippen molar-refractivity contribution in [1.82, 2.24) is 4.98 Å². The van der Waals surface area contributed by atoms with E-state index in [0.29, 0.717) is 30.0 Å². The van der Waals surface area contributed by atoms with Crippen molar-refractivity contribution in [3.63, 3.8) is 0 Å². The lowest BCUT2D eigenvalue weighted by Crippen LogP contribution is -2.26. The summed E-state index contributed by atoms with van der Waals surface area (Å²) in [5.74, 6) is 0.402. The molecule has 2 aromatic rings. The molecule has 0 radical (unpaired) electrons. The number of aromatic nitrogens is 1. The summed E-state index contributed by atoms with van der Waals surface area (Å²) in [7, 11) is 2.26. The van der Waals surface area contributed by atoms with Gasteiger partial charge in [0.2, 0.25) is 0 Å². The molecule has 1 aliphatic heterocycles. The van der Waals surface area contributed by atoms with E-state index in [0.717, 1.165) is 10.0 Å². The number of carbonyl (C=O) groups excluding carboxylic acids is 1. The predicted molar refractivity (Wildman–Crippen MR) is 101 cm³/mol. The van der Waals surface area contributed by atoms with Crippen molar-refractivity contribution in [2.24, 2.45) is 0 Å². The lowest BCUT2D eigenvalue weighted by molar-refractivity contribution is 0.102. The summed E-state index contributed by atoms with van der Waals surface area (Å²) in [4.78, 5) is 18.8. The first-order valence-electron chi connectivity index (χ1n) is 7.61. The molecule has 1 amide bonds. The molecule has 0 aliphatic carbocycles. The van der Waals surface area contributed by atoms with Crippen LogP contribution < -0.4 is 10.2 Å². The molecule has 24 heavy (non-hydrogen) atoms. The van der Waals surface area contributed by atoms with Gasteiger partial charge in [-0.05, 0) is 42.8 Å². The van der Waals surface area contributed by atoms with E-state index in [1.165, 1.54) is 0 Å². The van der Waals surface area contributed by atoms with Crippen LogP contribution in [0.2, 0.25) is 0 Å². The van der Waals surface area contributed by atoms with Crippen LogP contribution in [-0.2, 0) is 0 Å². The SMILES string of the molecule is Cc1ccnc(N2CCC(F)(P)C2)c1NC(=O)c1ccc(Br)cc1. The molecule has 1 aliphatic rings. The van der Waals surface area contributed by atoms with E-state index in [4.69, 9.17) is 0 Å². The minimum Gasteiger partial charge on any atom is -0.351 e. The standard InChI is InChI=1S/C17H18BrFN3OP/c1-11-6-8-20-15(22-9-7-17(19,24)10-22)14(11)21-16(23)12-2-4-13(18)5-3-12/h2-6,8H,7,9-10,24H2,1H3,(H,21,23). The average molecular weight is 410 g/mol. The molecule has 2 unspecified atom stereocenters. The molecule has 0 spiro atoms. The normalized spacial score (nSPS) is 20.2. The van der Waals surface area contributed by atoms with Crippen LogP contribution in [0.4, 0.5) is 15.9 Å². The number of carbonyl (C=O) groups is 1. The summed E-state index contributed by atoms with van der Waals surface area (Å²) in [6.45, 7) is 2.72. The first-order valence-corrected chi connectivity index (χ1v) is 8.98. The number of benzene rings is 1. The topological polar surface area (TPSA) is 45.2 Å². The summed E-state index contributed by atoms with van der Waals surface area (Å²) in [6, 6.07) is 8.96. The molecule has 1 aromatic carbocycles. The van der Waals surface area contributed by atoms with Gasteiger partial charge < -0.3 is 10.2 Å². The Labute approximate surface area is 151 Å². The van der Waals surface area contributed by atoms with Gasteiger partial charge in [-0.15, -0.1) is 0 Å². The fourth-order valence-electron chi connectivity index (χ4n) is 2.70. The second-order valence-electron chi connectivity index (χ2n) is 5.99. The van der Waals surface area contributed by atoms with Crippen LogP contribution in [-0.4, -0.2) is 29.4 Å². The van der Waals surface area contributed by atoms with Gasteiger partial charge in [-0.1, -0.05) is 25.2 Å². The molecule has 1 aromatic heterocycles. The van der Waals surface area contributed by atoms with Gasteiger partial charge in [0.15, 0.2) is 5.82 Å². The van der Waals surface area contributed by atoms with E-state index in [1.54, 1.807) is 18.3 Å². The molecular weight excluding hydrogens is 392 g/mol. The average Bonchev–Trinajstić information content (AvgIpc) is 2.90. The van der Waals surface area contributed by atoms with Crippen LogP contribution in [0, 0.1) is 6.92 Å². The second-order valence-corrected chi connectivity index (χ2v) is 7.94. The molecule has 1 fully saturated rings. The van der Waals surface area contributed by atoms with Crippen molar-refractivity contribution in [3.8, 4) is 0 Å². The van der Waals surface area contributed by atoms with Crippen LogP contribution in [0.25, 0.3) is 0 Å². The summed E-state index contributed by atoms with van der Waals surface area (Å²) in [6.07, 6.45) is 2.11. The third-order valence-electron chi connectivity index (χ3n) is 4.03. The van der Waals surface area contributed by atoms with E-state index in [9.17, 15) is 9.18 Å². The predicted octanol–water partition coefficient (Wildman–Crippen LogP) is 4.16. The number of amides is 1. The lowest BCUT2D eigenvalue weighted by Gasteiger charge is -2.22. The maximum absolute atomic E-state index is 14.1. The molecule has 0 bridgehead atoms. The van der Waals surface area contributed by atoms with E-state index < -0.39 is 5.41 Å². The third-order valence-corrected chi connectivity index (χ3v) is 5.03. The minimum absolute atomic E-state index is 0.212. The van der Waals surface area contributed by atoms with Gasteiger partial charge in [0, 0.05) is 29.2 Å². The van der Waals surface area contributed by atoms with Crippen molar-refractivity contribution in [1.29, 1.82) is 0 Å². The fraction of sp³-hybridized carbons (Fsp3) is 0.294. The number of alkyl halides is 1. The Morgan fingerprint density at radius 2 is 2.08 bits per heavy atom. The summed E-state index contributed by atoms with van der Waals surface area (Å²) < 4.78 is 15.1. The molecule has 2 atom stereocenters. The molecular formula is C17H18BrFN3OP. The Morgan fingerprint density at radius 1 is 1.38 bits per heavy atom. The van der Waals surface area contributed by atoms with Crippen LogP contribution >= 0.6 is 25.2 Å². The molecule has 1 saturated heterocycles. The smallest absolute Gasteiger partial charge is 0.255 e. The number of nitrogens with one attached hydrogen (secondary N) is 1. The highest BCUT2D eigenvalue weighted by molar-refractivity contribution is 9.10. The second kappa shape index (κ2) is 6.77. The third kappa shape index (κ3) is 3.76. The first kappa shape index (κ1) is 17.3. The largest absolute Gasteiger partial charge is 0.351 e. The number of hydrogen-bond acceptors (Lipinski definition) is 3. The molecule has 126 valence electrons. The van der Waals surface area contributed by atoms with E-state index in [-0.39, 0.29) is 12.5 Å². The van der Waals surface area contributed by atoms with Crippen LogP contribution in [0.3, 0.4) is 0 Å². The van der Waals surface area contributed by atoms with Gasteiger partial charge >= 0.3 is 0 Å². The Balaban J connectivity index is 1.88. The zero-order valence-electron chi connectivity index (χ0n) is 13.2. The minimum atomic E-state index is -1.31. The van der Waals surface area contributed by atoms with Crippen LogP contribution in [0.1, 0.15) is 22.3 Å². The van der Waals surface area contributed by atoms with Gasteiger partial charge in [0.1, 0.15) is 5.41 Å². The Hall–Kier alpha value is -1.52. The molecule has 7 heteroatoms. The lowest BCUT2D eigenvalue weighted by atomic mass is 10.2. The van der Waals surface area contributed by atoms with Crippen molar-refractivity contribution in [2.75, 3.05) is 23.3 Å². The van der Waals surface area contributed by atoms with Gasteiger partial charge in [-0.25, -0.2) is 9.37 Å². The van der Waals surface area contributed by atoms with E-state index >= 15 is 0 Å². The Kier molecular flexibility index (Phi) is 4.88. The van der Waals surface area contributed by atoms with Gasteiger partial charge in [-0.2, -0.15) is 0 Å². The van der Waals surface area contributed by atoms with Gasteiger partial charge in [-0.3, -0.25) is 4.79 Å². The number of anilines is 2. The summed E-state index contributed by atoms with van der Waals surface area (Å²) in [5, 5.41) is 1.62. The van der Waals surface area contributed by atoms with Crippen molar-refractivity contribution < 1.29 is 9.18 Å². The van der Waals surface area contributed by atoms with E-state index in [2.05, 4.69) is 35.5 Å². The zero-order chi connectivity index (χ0) is 17.3. The number of hydrogen-bond donors (Lipinski definition) is 1. The quantitative estimate of drug-likeness (QED) is 0.774. The van der Waals surface area contributed by atoms with Crippen LogP contribution in [0.5, 0.6) is 0 Å². The zero-order valence-corrected chi connectivity index (χ0v) is 16.0. The molecule has 2 heterocycles. The first-order chi connectivity index (χ1) is 11.4. The monoisotopic (exact) mass is 409 g/mol.